The summed E-state index contributed by atoms with van der Waals surface area (Å²) < 4.78 is 10.6. The summed E-state index contributed by atoms with van der Waals surface area (Å²) in [4.78, 5) is 35.6. The van der Waals surface area contributed by atoms with Gasteiger partial charge in [0.2, 0.25) is 0 Å². The predicted molar refractivity (Wildman–Crippen MR) is 136 cm³/mol. The van der Waals surface area contributed by atoms with Gasteiger partial charge in [-0.05, 0) is 55.2 Å². The van der Waals surface area contributed by atoms with Crippen molar-refractivity contribution in [2.45, 2.75) is 44.8 Å². The first-order chi connectivity index (χ1) is 16.7. The number of hydrogen-bond donors (Lipinski definition) is 3. The average molecular weight is 501 g/mol. The Labute approximate surface area is 209 Å². The van der Waals surface area contributed by atoms with Gasteiger partial charge in [-0.15, -0.1) is 0 Å². The lowest BCUT2D eigenvalue weighted by atomic mass is 9.98. The molecule has 188 valence electrons. The van der Waals surface area contributed by atoms with Crippen molar-refractivity contribution in [2.24, 2.45) is 0 Å². The Morgan fingerprint density at radius 2 is 1.60 bits per heavy atom. The van der Waals surface area contributed by atoms with Crippen molar-refractivity contribution in [1.29, 1.82) is 0 Å². The van der Waals surface area contributed by atoms with Crippen LogP contribution in [0.25, 0.3) is 11.1 Å². The third-order valence-electron chi connectivity index (χ3n) is 5.35. The van der Waals surface area contributed by atoms with Gasteiger partial charge in [-0.2, -0.15) is 11.8 Å². The Morgan fingerprint density at radius 1 is 1.00 bits per heavy atom. The van der Waals surface area contributed by atoms with E-state index in [-0.39, 0.29) is 18.3 Å². The van der Waals surface area contributed by atoms with Crippen LogP contribution in [0.15, 0.2) is 48.5 Å². The van der Waals surface area contributed by atoms with Gasteiger partial charge < -0.3 is 25.2 Å². The Bertz CT molecular complexity index is 1010. The van der Waals surface area contributed by atoms with Crippen molar-refractivity contribution < 1.29 is 29.0 Å². The molecule has 0 radical (unpaired) electrons. The molecule has 9 heteroatoms. The molecule has 35 heavy (non-hydrogen) atoms. The molecule has 3 rings (SSSR count). The fourth-order valence-corrected chi connectivity index (χ4v) is 4.81. The van der Waals surface area contributed by atoms with Crippen LogP contribution in [0.1, 0.15) is 44.2 Å². The molecular weight excluding hydrogens is 468 g/mol. The maximum Gasteiger partial charge on any atom is 0.407 e. The van der Waals surface area contributed by atoms with Crippen molar-refractivity contribution in [3.05, 3.63) is 59.7 Å². The Morgan fingerprint density at radius 3 is 2.17 bits per heavy atom. The molecule has 0 spiro atoms. The molecule has 1 aliphatic rings. The predicted octanol–water partition coefficient (Wildman–Crippen LogP) is 4.63. The molecule has 2 amide bonds. The molecule has 0 unspecified atom stereocenters. The van der Waals surface area contributed by atoms with Gasteiger partial charge in [0.15, 0.2) is 0 Å². The summed E-state index contributed by atoms with van der Waals surface area (Å²) in [5, 5.41) is 14.6. The first kappa shape index (κ1) is 26.4. The zero-order valence-corrected chi connectivity index (χ0v) is 21.0. The molecule has 2 aromatic rings. The molecule has 8 nitrogen and oxygen atoms in total. The Kier molecular flexibility index (Phi) is 9.03. The molecule has 2 aromatic carbocycles. The van der Waals surface area contributed by atoms with Gasteiger partial charge in [0.1, 0.15) is 18.2 Å². The van der Waals surface area contributed by atoms with E-state index in [4.69, 9.17) is 9.47 Å². The molecule has 0 saturated heterocycles. The van der Waals surface area contributed by atoms with Crippen LogP contribution < -0.4 is 10.6 Å². The lowest BCUT2D eigenvalue weighted by molar-refractivity contribution is -0.138. The summed E-state index contributed by atoms with van der Waals surface area (Å²) in [6.45, 7) is 5.91. The highest BCUT2D eigenvalue weighted by atomic mass is 32.2. The van der Waals surface area contributed by atoms with Gasteiger partial charge in [-0.3, -0.25) is 0 Å². The van der Waals surface area contributed by atoms with Crippen LogP contribution in [0.2, 0.25) is 0 Å². The number of carboxylic acid groups (broad SMARTS) is 1. The van der Waals surface area contributed by atoms with E-state index in [1.165, 1.54) is 11.8 Å². The second-order valence-corrected chi connectivity index (χ2v) is 10.4. The first-order valence-electron chi connectivity index (χ1n) is 11.5. The number of nitrogens with one attached hydrogen (secondary N) is 2. The third kappa shape index (κ3) is 7.65. The maximum absolute atomic E-state index is 12.4. The van der Waals surface area contributed by atoms with Gasteiger partial charge in [0, 0.05) is 18.2 Å². The smallest absolute Gasteiger partial charge is 0.407 e. The van der Waals surface area contributed by atoms with E-state index in [0.29, 0.717) is 18.7 Å². The summed E-state index contributed by atoms with van der Waals surface area (Å²) in [5.74, 6) is -0.418. The van der Waals surface area contributed by atoms with Crippen molar-refractivity contribution in [1.82, 2.24) is 10.6 Å². The second kappa shape index (κ2) is 12.0. The number of hydrogen-bond acceptors (Lipinski definition) is 6. The van der Waals surface area contributed by atoms with E-state index in [1.54, 1.807) is 20.8 Å². The molecule has 1 atom stereocenters. The minimum Gasteiger partial charge on any atom is -0.480 e. The van der Waals surface area contributed by atoms with Gasteiger partial charge in [-0.25, -0.2) is 14.4 Å². The van der Waals surface area contributed by atoms with Gasteiger partial charge in [-0.1, -0.05) is 48.5 Å². The quantitative estimate of drug-likeness (QED) is 0.408. The topological polar surface area (TPSA) is 114 Å². The molecule has 1 aliphatic carbocycles. The Hall–Kier alpha value is -3.20. The maximum atomic E-state index is 12.4. The van der Waals surface area contributed by atoms with E-state index in [1.807, 2.05) is 36.4 Å². The minimum atomic E-state index is -1.13. The van der Waals surface area contributed by atoms with Crippen LogP contribution in [0.4, 0.5) is 9.59 Å². The largest absolute Gasteiger partial charge is 0.480 e. The average Bonchev–Trinajstić information content (AvgIpc) is 3.11. The van der Waals surface area contributed by atoms with Crippen LogP contribution >= 0.6 is 11.8 Å². The third-order valence-corrected chi connectivity index (χ3v) is 6.50. The van der Waals surface area contributed by atoms with E-state index < -0.39 is 29.8 Å². The van der Waals surface area contributed by atoms with Crippen LogP contribution in [0.5, 0.6) is 0 Å². The number of fused-ring (bicyclic) bond motifs is 3. The van der Waals surface area contributed by atoms with Gasteiger partial charge in [0.25, 0.3) is 0 Å². The van der Waals surface area contributed by atoms with Crippen molar-refractivity contribution in [2.75, 3.05) is 24.7 Å². The zero-order chi connectivity index (χ0) is 25.4. The molecule has 0 bridgehead atoms. The number of benzene rings is 2. The number of thioether (sulfide) groups is 1. The normalized spacial score (nSPS) is 13.3. The first-order valence-corrected chi connectivity index (χ1v) is 12.7. The minimum absolute atomic E-state index is 0.0942. The molecular formula is C26H32N2O6S. The number of amides is 2. The summed E-state index contributed by atoms with van der Waals surface area (Å²) in [6.07, 6.45) is -0.601. The number of aliphatic carboxylic acids is 1. The van der Waals surface area contributed by atoms with Crippen LogP contribution in [0, 0.1) is 0 Å². The van der Waals surface area contributed by atoms with E-state index in [9.17, 15) is 19.5 Å². The van der Waals surface area contributed by atoms with Crippen LogP contribution in [0.3, 0.4) is 0 Å². The number of carbonyl (C=O) groups is 3. The molecule has 0 saturated carbocycles. The highest BCUT2D eigenvalue weighted by molar-refractivity contribution is 7.99. The molecule has 0 aliphatic heterocycles. The molecule has 0 aromatic heterocycles. The molecule has 3 N–H and O–H groups in total. The van der Waals surface area contributed by atoms with E-state index >= 15 is 0 Å². The monoisotopic (exact) mass is 500 g/mol. The van der Waals surface area contributed by atoms with Crippen molar-refractivity contribution >= 4 is 29.9 Å². The standard InChI is InChI=1S/C26H32N2O6S/c1-26(2,3)34-24(31)27-13-8-14-35-16-22(23(29)30)28-25(32)33-15-21-19-11-6-4-9-17(19)18-10-5-7-12-20(18)21/h4-7,9-12,21-22H,8,13-16H2,1-3H3,(H,27,31)(H,28,32)(H,29,30)/t22-/m0/s1. The SMILES string of the molecule is CC(C)(C)OC(=O)NCCCSC[C@H](NC(=O)OCC1c2ccccc2-c2ccccc21)C(=O)O. The van der Waals surface area contributed by atoms with Crippen LogP contribution in [-0.2, 0) is 14.3 Å². The number of rotatable bonds is 10. The molecule has 0 heterocycles. The summed E-state index contributed by atoms with van der Waals surface area (Å²) in [7, 11) is 0. The lowest BCUT2D eigenvalue weighted by Crippen LogP contribution is -2.43. The summed E-state index contributed by atoms with van der Waals surface area (Å²) in [5.41, 5.74) is 3.87. The lowest BCUT2D eigenvalue weighted by Gasteiger charge is -2.19. The zero-order valence-electron chi connectivity index (χ0n) is 20.2. The summed E-state index contributed by atoms with van der Waals surface area (Å²) in [6, 6.07) is 14.9. The number of alkyl carbamates (subject to hydrolysis) is 2. The highest BCUT2D eigenvalue weighted by Crippen LogP contribution is 2.44. The van der Waals surface area contributed by atoms with E-state index in [2.05, 4.69) is 22.8 Å². The number of carboxylic acids is 1. The second-order valence-electron chi connectivity index (χ2n) is 9.22. The summed E-state index contributed by atoms with van der Waals surface area (Å²) >= 11 is 1.38. The van der Waals surface area contributed by atoms with Crippen molar-refractivity contribution in [3.63, 3.8) is 0 Å². The number of carbonyl (C=O) groups excluding carboxylic acids is 2. The van der Waals surface area contributed by atoms with E-state index in [0.717, 1.165) is 22.3 Å². The van der Waals surface area contributed by atoms with Crippen LogP contribution in [-0.4, -0.2) is 59.6 Å². The van der Waals surface area contributed by atoms with Crippen molar-refractivity contribution in [3.8, 4) is 11.1 Å². The van der Waals surface area contributed by atoms with Gasteiger partial charge in [0.05, 0.1) is 0 Å². The molecule has 0 fully saturated rings. The number of ether oxygens (including phenoxy) is 2. The fourth-order valence-electron chi connectivity index (χ4n) is 3.84. The highest BCUT2D eigenvalue weighted by Gasteiger charge is 2.29. The fraction of sp³-hybridized carbons (Fsp3) is 0.423. The van der Waals surface area contributed by atoms with Gasteiger partial charge >= 0.3 is 18.2 Å². The Balaban J connectivity index is 1.42.